The van der Waals surface area contributed by atoms with E-state index in [-0.39, 0.29) is 24.3 Å². The number of urea groups is 1. The van der Waals surface area contributed by atoms with Gasteiger partial charge in [0.1, 0.15) is 0 Å². The van der Waals surface area contributed by atoms with Crippen molar-refractivity contribution in [1.29, 1.82) is 0 Å². The highest BCUT2D eigenvalue weighted by Gasteiger charge is 2.27. The molecule has 0 aliphatic rings. The van der Waals surface area contributed by atoms with E-state index in [9.17, 15) is 14.4 Å². The molecule has 0 aromatic rings. The van der Waals surface area contributed by atoms with Crippen molar-refractivity contribution in [2.24, 2.45) is 16.9 Å². The van der Waals surface area contributed by atoms with Crippen LogP contribution in [0.25, 0.3) is 0 Å². The number of nitrogens with one attached hydrogen (secondary N) is 2. The summed E-state index contributed by atoms with van der Waals surface area (Å²) in [7, 11) is 0. The first-order valence-corrected chi connectivity index (χ1v) is 5.27. The second-order valence-corrected chi connectivity index (χ2v) is 4.80. The van der Waals surface area contributed by atoms with E-state index in [1.165, 1.54) is 0 Å². The van der Waals surface area contributed by atoms with E-state index >= 15 is 0 Å². The van der Waals surface area contributed by atoms with E-state index in [0.29, 0.717) is 0 Å². The first-order chi connectivity index (χ1) is 7.64. The van der Waals surface area contributed by atoms with E-state index in [0.717, 1.165) is 0 Å². The quantitative estimate of drug-likeness (QED) is 0.509. The number of nitrogens with two attached hydrogens (primary N) is 2. The Morgan fingerprint density at radius 3 is 2.18 bits per heavy atom. The van der Waals surface area contributed by atoms with Crippen molar-refractivity contribution in [1.82, 2.24) is 10.6 Å². The monoisotopic (exact) mass is 244 g/mol. The molecule has 0 unspecified atom stereocenters. The zero-order valence-electron chi connectivity index (χ0n) is 10.4. The molecule has 0 bridgehead atoms. The first-order valence-electron chi connectivity index (χ1n) is 5.27. The molecule has 0 saturated carbocycles. The van der Waals surface area contributed by atoms with Crippen LogP contribution in [0.15, 0.2) is 0 Å². The number of rotatable bonds is 4. The molecule has 0 aromatic heterocycles. The third kappa shape index (κ3) is 6.52. The highest BCUT2D eigenvalue weighted by atomic mass is 16.2. The molecule has 0 heterocycles. The van der Waals surface area contributed by atoms with Gasteiger partial charge in [-0.25, -0.2) is 4.79 Å². The maximum Gasteiger partial charge on any atom is 0.318 e. The van der Waals surface area contributed by atoms with Gasteiger partial charge in [0.2, 0.25) is 11.8 Å². The number of carbonyl (C=O) groups is 3. The number of imide groups is 1. The molecule has 1 atom stereocenters. The fourth-order valence-electron chi connectivity index (χ4n) is 1.00. The molecule has 0 aromatic carbocycles. The lowest BCUT2D eigenvalue weighted by Gasteiger charge is -2.25. The number of carbonyl (C=O) groups excluding carboxylic acids is 3. The molecule has 4 amide bonds. The Morgan fingerprint density at radius 2 is 1.76 bits per heavy atom. The molecule has 0 saturated heterocycles. The molecular weight excluding hydrogens is 224 g/mol. The normalized spacial score (nSPS) is 12.7. The lowest BCUT2D eigenvalue weighted by atomic mass is 9.87. The summed E-state index contributed by atoms with van der Waals surface area (Å²) in [5.74, 6) is -0.869. The Labute approximate surface area is 100 Å². The number of amides is 4. The van der Waals surface area contributed by atoms with E-state index in [1.807, 2.05) is 26.1 Å². The average Bonchev–Trinajstić information content (AvgIpc) is 2.13. The zero-order valence-corrected chi connectivity index (χ0v) is 10.4. The van der Waals surface area contributed by atoms with Crippen LogP contribution in [0.3, 0.4) is 0 Å². The lowest BCUT2D eigenvalue weighted by Crippen LogP contribution is -2.49. The van der Waals surface area contributed by atoms with Crippen LogP contribution in [0, 0.1) is 5.41 Å². The van der Waals surface area contributed by atoms with Crippen LogP contribution >= 0.6 is 0 Å². The molecule has 7 heteroatoms. The van der Waals surface area contributed by atoms with Crippen LogP contribution in [-0.2, 0) is 9.59 Å². The van der Waals surface area contributed by atoms with Crippen LogP contribution in [0.2, 0.25) is 0 Å². The summed E-state index contributed by atoms with van der Waals surface area (Å²) < 4.78 is 0. The Hall–Kier alpha value is -1.63. The molecule has 17 heavy (non-hydrogen) atoms. The van der Waals surface area contributed by atoms with Gasteiger partial charge in [0.15, 0.2) is 0 Å². The molecule has 6 N–H and O–H groups in total. The standard InChI is InChI=1S/C10H20N4O3/c1-10(2,3)7(11)8(16)13-5-4-6(15)14-9(12)17/h7H,4-5,11H2,1-3H3,(H,13,16)(H3,12,14,15,17)/t7-/m1/s1. The zero-order chi connectivity index (χ0) is 13.6. The van der Waals surface area contributed by atoms with E-state index in [4.69, 9.17) is 11.5 Å². The van der Waals surface area contributed by atoms with Crippen molar-refractivity contribution in [2.75, 3.05) is 6.54 Å². The van der Waals surface area contributed by atoms with E-state index < -0.39 is 18.0 Å². The van der Waals surface area contributed by atoms with Gasteiger partial charge in [0, 0.05) is 13.0 Å². The van der Waals surface area contributed by atoms with Crippen molar-refractivity contribution < 1.29 is 14.4 Å². The van der Waals surface area contributed by atoms with E-state index in [2.05, 4.69) is 5.32 Å². The summed E-state index contributed by atoms with van der Waals surface area (Å²) in [6.07, 6.45) is -0.0223. The van der Waals surface area contributed by atoms with E-state index in [1.54, 1.807) is 0 Å². The predicted molar refractivity (Wildman–Crippen MR) is 62.8 cm³/mol. The van der Waals surface area contributed by atoms with Crippen LogP contribution in [0.4, 0.5) is 4.79 Å². The van der Waals surface area contributed by atoms with Crippen molar-refractivity contribution in [3.63, 3.8) is 0 Å². The number of hydrogen-bond donors (Lipinski definition) is 4. The minimum atomic E-state index is -0.910. The maximum absolute atomic E-state index is 11.5. The van der Waals surface area contributed by atoms with Crippen LogP contribution < -0.4 is 22.1 Å². The molecule has 0 aliphatic carbocycles. The van der Waals surface area contributed by atoms with Crippen molar-refractivity contribution in [2.45, 2.75) is 33.2 Å². The smallest absolute Gasteiger partial charge is 0.318 e. The molecule has 0 spiro atoms. The van der Waals surface area contributed by atoms with Gasteiger partial charge in [-0.2, -0.15) is 0 Å². The van der Waals surface area contributed by atoms with Gasteiger partial charge in [-0.3, -0.25) is 14.9 Å². The van der Waals surface area contributed by atoms with Crippen molar-refractivity contribution in [3.05, 3.63) is 0 Å². The highest BCUT2D eigenvalue weighted by molar-refractivity contribution is 5.93. The Balaban J connectivity index is 3.94. The fourth-order valence-corrected chi connectivity index (χ4v) is 1.00. The Morgan fingerprint density at radius 1 is 1.24 bits per heavy atom. The first kappa shape index (κ1) is 15.4. The second-order valence-electron chi connectivity index (χ2n) is 4.80. The van der Waals surface area contributed by atoms with Gasteiger partial charge in [-0.05, 0) is 5.41 Å². The molecule has 98 valence electrons. The number of primary amides is 1. The highest BCUT2D eigenvalue weighted by Crippen LogP contribution is 2.16. The van der Waals surface area contributed by atoms with Crippen LogP contribution in [0.5, 0.6) is 0 Å². The SMILES string of the molecule is CC(C)(C)[C@H](N)C(=O)NCCC(=O)NC(N)=O. The summed E-state index contributed by atoms with van der Waals surface area (Å²) in [6.45, 7) is 5.65. The maximum atomic E-state index is 11.5. The molecule has 0 radical (unpaired) electrons. The minimum Gasteiger partial charge on any atom is -0.354 e. The van der Waals surface area contributed by atoms with Gasteiger partial charge in [0.05, 0.1) is 6.04 Å². The Kier molecular flexibility index (Phi) is 5.60. The van der Waals surface area contributed by atoms with Gasteiger partial charge in [-0.1, -0.05) is 20.8 Å². The molecule has 0 fully saturated rings. The molecule has 0 aliphatic heterocycles. The predicted octanol–water partition coefficient (Wildman–Crippen LogP) is -0.939. The van der Waals surface area contributed by atoms with Gasteiger partial charge in [0.25, 0.3) is 0 Å². The molecule has 0 rings (SSSR count). The summed E-state index contributed by atoms with van der Waals surface area (Å²) in [5.41, 5.74) is 10.1. The van der Waals surface area contributed by atoms with Gasteiger partial charge >= 0.3 is 6.03 Å². The summed E-state index contributed by atoms with van der Waals surface area (Å²) in [4.78, 5) is 32.9. The van der Waals surface area contributed by atoms with Gasteiger partial charge in [-0.15, -0.1) is 0 Å². The summed E-state index contributed by atoms with van der Waals surface area (Å²) in [5, 5.41) is 4.41. The third-order valence-electron chi connectivity index (χ3n) is 2.13. The fraction of sp³-hybridized carbons (Fsp3) is 0.700. The van der Waals surface area contributed by atoms with Crippen molar-refractivity contribution >= 4 is 17.8 Å². The minimum absolute atomic E-state index is 0.0223. The lowest BCUT2D eigenvalue weighted by molar-refractivity contribution is -0.124. The van der Waals surface area contributed by atoms with Crippen LogP contribution in [0.1, 0.15) is 27.2 Å². The number of hydrogen-bond acceptors (Lipinski definition) is 4. The van der Waals surface area contributed by atoms with Crippen molar-refractivity contribution in [3.8, 4) is 0 Å². The average molecular weight is 244 g/mol. The topological polar surface area (TPSA) is 127 Å². The largest absolute Gasteiger partial charge is 0.354 e. The van der Waals surface area contributed by atoms with Gasteiger partial charge < -0.3 is 16.8 Å². The van der Waals surface area contributed by atoms with Crippen LogP contribution in [-0.4, -0.2) is 30.4 Å². The summed E-state index contributed by atoms with van der Waals surface area (Å²) in [6, 6.07) is -1.56. The third-order valence-corrected chi connectivity index (χ3v) is 2.13. The summed E-state index contributed by atoms with van der Waals surface area (Å²) >= 11 is 0. The second kappa shape index (κ2) is 6.19. The molecule has 7 nitrogen and oxygen atoms in total. The Bertz CT molecular complexity index is 309. The molecular formula is C10H20N4O3.